The van der Waals surface area contributed by atoms with Crippen molar-refractivity contribution < 1.29 is 35.9 Å². The Bertz CT molecular complexity index is 3290. The minimum atomic E-state index is -1.18. The average molecular weight is 1430 g/mol. The van der Waals surface area contributed by atoms with E-state index in [1.54, 1.807) is 9.80 Å². The SMILES string of the molecule is CC(C)(C)OC(=O)N1CCC2(CC1)Cc1ncccc1[C@@H]2N[S@](=O)C(C)(C)C.CC(C)(C)OC(=O)N1CCC2(CC1)Cc1ncccc1[C@H]2N[S@](=O)C(C)(C)C.CC(C)(C)[S@@](=O)N[C@@H]1c2cccnc2CC12CCNCC2.CC(C)(C)[S@@](=O)N[C@H]1c2cccnc2CC12CCNCC2. The molecule has 0 unspecified atom stereocenters. The molecule has 0 aromatic carbocycles. The Kier molecular flexibility index (Phi) is 24.1. The maximum atomic E-state index is 12.9. The zero-order valence-electron chi connectivity index (χ0n) is 62.0. The lowest BCUT2D eigenvalue weighted by Gasteiger charge is -2.43. The molecule has 2 amide bonds. The van der Waals surface area contributed by atoms with E-state index in [-0.39, 0.29) is 77.0 Å². The van der Waals surface area contributed by atoms with Gasteiger partial charge in [0.25, 0.3) is 0 Å². The van der Waals surface area contributed by atoms with E-state index in [2.05, 4.69) is 73.7 Å². The third-order valence-electron chi connectivity index (χ3n) is 20.6. The van der Waals surface area contributed by atoms with Crippen LogP contribution in [0.4, 0.5) is 9.59 Å². The molecule has 6 N–H and O–H groups in total. The monoisotopic (exact) mass is 1430 g/mol. The van der Waals surface area contributed by atoms with Gasteiger partial charge in [-0.05, 0) is 296 Å². The molecule has 8 heterocycles. The molecular formula is C74H116N12O8S4. The predicted octanol–water partition coefficient (Wildman–Crippen LogP) is 11.7. The van der Waals surface area contributed by atoms with Crippen molar-refractivity contribution in [2.24, 2.45) is 21.7 Å². The van der Waals surface area contributed by atoms with Crippen molar-refractivity contribution >= 4 is 56.1 Å². The molecule has 4 aliphatic carbocycles. The van der Waals surface area contributed by atoms with Gasteiger partial charge >= 0.3 is 12.2 Å². The summed E-state index contributed by atoms with van der Waals surface area (Å²) in [5.74, 6) is 0. The number of nitrogens with zero attached hydrogens (tertiary/aromatic N) is 6. The van der Waals surface area contributed by atoms with E-state index in [0.29, 0.717) is 26.2 Å². The van der Waals surface area contributed by atoms with Gasteiger partial charge in [0.2, 0.25) is 0 Å². The Morgan fingerprint density at radius 1 is 0.388 bits per heavy atom. The zero-order chi connectivity index (χ0) is 71.7. The number of nitrogens with one attached hydrogen (secondary N) is 6. The number of carbonyl (C=O) groups is 2. The first-order valence-corrected chi connectivity index (χ1v) is 40.1. The number of hydrogen-bond donors (Lipinski definition) is 6. The molecule has 4 saturated heterocycles. The van der Waals surface area contributed by atoms with Gasteiger partial charge in [0.1, 0.15) is 11.2 Å². The third kappa shape index (κ3) is 18.5. The number of likely N-dealkylation sites (tertiary alicyclic amines) is 2. The summed E-state index contributed by atoms with van der Waals surface area (Å²) in [4.78, 5) is 46.8. The normalized spacial score (nSPS) is 24.1. The standard InChI is InChI=1S/2C21H33N3O3S.2C16H25N3OS/c2*1-19(2,3)27-18(25)24-12-9-21(10-13-24)14-16-15(8-7-11-22-16)17(21)23-28(26)20(4,5)6;2*1-15(2,3)21(20)19-14-12-5-4-8-18-13(12)11-16(14)6-9-17-10-7-16/h2*7-8,11,17,23H,9-10,12-14H2,1-6H3;2*4-5,8,14,17,19H,6-7,9-11H2,1-3H3/t17-,28+;17-,28-;14-,21+;14-,21-/m0101/s1. The fraction of sp³-hybridized carbons (Fsp3) is 0.703. The molecule has 544 valence electrons. The van der Waals surface area contributed by atoms with Crippen molar-refractivity contribution in [2.45, 2.75) is 256 Å². The molecule has 4 aromatic rings. The van der Waals surface area contributed by atoms with Crippen molar-refractivity contribution in [3.63, 3.8) is 0 Å². The summed E-state index contributed by atoms with van der Waals surface area (Å²) in [5, 5.41) is 6.89. The van der Waals surface area contributed by atoms with Crippen molar-refractivity contribution in [1.82, 2.24) is 59.3 Å². The van der Waals surface area contributed by atoms with Crippen LogP contribution < -0.4 is 29.5 Å². The van der Waals surface area contributed by atoms with Crippen LogP contribution in [0.5, 0.6) is 0 Å². The van der Waals surface area contributed by atoms with Gasteiger partial charge in [0, 0.05) is 73.7 Å². The minimum absolute atomic E-state index is 0.0166. The lowest BCUT2D eigenvalue weighted by Crippen LogP contribution is -2.49. The first-order chi connectivity index (χ1) is 45.7. The van der Waals surface area contributed by atoms with Crippen LogP contribution in [-0.2, 0) is 79.1 Å². The van der Waals surface area contributed by atoms with Crippen LogP contribution in [0.15, 0.2) is 73.3 Å². The summed E-state index contributed by atoms with van der Waals surface area (Å²) in [6.45, 7) is 42.0. The van der Waals surface area contributed by atoms with Crippen LogP contribution in [0.2, 0.25) is 0 Å². The van der Waals surface area contributed by atoms with E-state index < -0.39 is 55.1 Å². The van der Waals surface area contributed by atoms with Gasteiger partial charge in [0.05, 0.1) is 87.1 Å². The number of hydrogen-bond acceptors (Lipinski definition) is 14. The highest BCUT2D eigenvalue weighted by molar-refractivity contribution is 7.85. The predicted molar refractivity (Wildman–Crippen MR) is 395 cm³/mol. The Labute approximate surface area is 596 Å². The second-order valence-corrected chi connectivity index (χ2v) is 42.5. The van der Waals surface area contributed by atoms with Crippen molar-refractivity contribution in [1.29, 1.82) is 0 Å². The number of carbonyl (C=O) groups excluding carboxylic acids is 2. The van der Waals surface area contributed by atoms with E-state index in [9.17, 15) is 26.4 Å². The van der Waals surface area contributed by atoms with Gasteiger partial charge in [-0.3, -0.25) is 19.9 Å². The summed E-state index contributed by atoms with van der Waals surface area (Å²) in [5.41, 5.74) is 8.52. The van der Waals surface area contributed by atoms with Crippen molar-refractivity contribution in [3.8, 4) is 0 Å². The van der Waals surface area contributed by atoms with E-state index >= 15 is 0 Å². The number of piperidine rings is 4. The fourth-order valence-corrected chi connectivity index (χ4v) is 18.8. The van der Waals surface area contributed by atoms with Crippen LogP contribution in [0.3, 0.4) is 0 Å². The van der Waals surface area contributed by atoms with Crippen molar-refractivity contribution in [2.75, 3.05) is 52.4 Å². The Morgan fingerprint density at radius 3 is 0.806 bits per heavy atom. The largest absolute Gasteiger partial charge is 0.444 e. The summed E-state index contributed by atoms with van der Waals surface area (Å²) in [6, 6.07) is 16.6. The lowest BCUT2D eigenvalue weighted by atomic mass is 9.73. The first kappa shape index (κ1) is 77.7. The summed E-state index contributed by atoms with van der Waals surface area (Å²) < 4.78 is 74.6. The second kappa shape index (κ2) is 30.4. The maximum Gasteiger partial charge on any atom is 0.410 e. The quantitative estimate of drug-likeness (QED) is 0.0960. The third-order valence-corrected chi connectivity index (χ3v) is 26.9. The molecule has 20 nitrogen and oxygen atoms in total. The van der Waals surface area contributed by atoms with Crippen LogP contribution in [-0.4, -0.2) is 141 Å². The number of aromatic nitrogens is 4. The topological polar surface area (TPSA) is 251 Å². The Balaban J connectivity index is 0.000000154. The minimum Gasteiger partial charge on any atom is -0.444 e. The van der Waals surface area contributed by atoms with Crippen LogP contribution in [0.1, 0.15) is 245 Å². The van der Waals surface area contributed by atoms with Crippen LogP contribution in [0, 0.1) is 21.7 Å². The summed E-state index contributed by atoms with van der Waals surface area (Å²) in [7, 11) is -4.47. The number of ether oxygens (including phenoxy) is 2. The highest BCUT2D eigenvalue weighted by atomic mass is 32.2. The number of fused-ring (bicyclic) bond motifs is 4. The maximum absolute atomic E-state index is 12.9. The zero-order valence-corrected chi connectivity index (χ0v) is 65.2. The van der Waals surface area contributed by atoms with E-state index in [0.717, 1.165) is 126 Å². The number of rotatable bonds is 8. The summed E-state index contributed by atoms with van der Waals surface area (Å²) >= 11 is 0. The molecule has 8 atom stereocenters. The molecule has 8 aliphatic rings. The smallest absolute Gasteiger partial charge is 0.410 e. The molecule has 0 radical (unpaired) electrons. The van der Waals surface area contributed by atoms with Gasteiger partial charge in [-0.15, -0.1) is 0 Å². The molecule has 4 aromatic heterocycles. The van der Waals surface area contributed by atoms with Crippen LogP contribution in [0.25, 0.3) is 0 Å². The molecule has 0 saturated carbocycles. The average Bonchev–Trinajstić information content (AvgIpc) is 1.65. The fourth-order valence-electron chi connectivity index (χ4n) is 15.0. The Morgan fingerprint density at radius 2 is 0.602 bits per heavy atom. The van der Waals surface area contributed by atoms with Crippen LogP contribution >= 0.6 is 0 Å². The molecule has 24 heteroatoms. The van der Waals surface area contributed by atoms with Gasteiger partial charge in [-0.25, -0.2) is 45.3 Å². The molecule has 12 rings (SSSR count). The highest BCUT2D eigenvalue weighted by Gasteiger charge is 2.54. The van der Waals surface area contributed by atoms with E-state index in [1.807, 2.05) is 174 Å². The van der Waals surface area contributed by atoms with E-state index in [1.165, 1.54) is 22.5 Å². The highest BCUT2D eigenvalue weighted by Crippen LogP contribution is 2.55. The second-order valence-electron chi connectivity index (χ2n) is 34.5. The number of amides is 2. The molecule has 4 spiro atoms. The summed E-state index contributed by atoms with van der Waals surface area (Å²) in [6.07, 6.45) is 18.4. The molecule has 4 aliphatic heterocycles. The molecule has 0 bridgehead atoms. The van der Waals surface area contributed by atoms with E-state index in [4.69, 9.17) is 9.47 Å². The Hall–Kier alpha value is -4.50. The van der Waals surface area contributed by atoms with Gasteiger partial charge in [-0.2, -0.15) is 0 Å². The van der Waals surface area contributed by atoms with Gasteiger partial charge in [0.15, 0.2) is 0 Å². The molecular weight excluding hydrogens is 1310 g/mol. The van der Waals surface area contributed by atoms with Gasteiger partial charge in [-0.1, -0.05) is 24.3 Å². The van der Waals surface area contributed by atoms with Gasteiger partial charge < -0.3 is 29.9 Å². The number of pyridine rings is 4. The first-order valence-electron chi connectivity index (χ1n) is 35.5. The molecule has 98 heavy (non-hydrogen) atoms. The lowest BCUT2D eigenvalue weighted by molar-refractivity contribution is 0.00620. The molecule has 4 fully saturated rings. The van der Waals surface area contributed by atoms with Crippen molar-refractivity contribution in [3.05, 3.63) is 118 Å².